The van der Waals surface area contributed by atoms with Crippen LogP contribution in [0, 0.1) is 11.3 Å². The van der Waals surface area contributed by atoms with E-state index in [2.05, 4.69) is 16.2 Å². The molecule has 1 saturated heterocycles. The number of hydrogen-bond donors (Lipinski definition) is 0. The number of aromatic nitrogens is 2. The van der Waals surface area contributed by atoms with Crippen molar-refractivity contribution in [3.05, 3.63) is 22.8 Å². The van der Waals surface area contributed by atoms with Gasteiger partial charge < -0.3 is 14.0 Å². The summed E-state index contributed by atoms with van der Waals surface area (Å²) < 4.78 is 16.7. The lowest BCUT2D eigenvalue weighted by atomic mass is 9.93. The largest absolute Gasteiger partial charge is 0.381 e. The summed E-state index contributed by atoms with van der Waals surface area (Å²) in [6, 6.07) is 3.88. The van der Waals surface area contributed by atoms with Crippen molar-refractivity contribution < 1.29 is 14.0 Å². The highest BCUT2D eigenvalue weighted by molar-refractivity contribution is 7.13. The molecule has 0 aliphatic carbocycles. The Hall–Kier alpha value is -1.75. The maximum atomic E-state index is 9.08. The van der Waals surface area contributed by atoms with Crippen LogP contribution in [0.2, 0.25) is 0 Å². The number of rotatable bonds is 4. The van der Waals surface area contributed by atoms with Gasteiger partial charge in [0.15, 0.2) is 0 Å². The highest BCUT2D eigenvalue weighted by Gasteiger charge is 2.40. The molecule has 0 unspecified atom stereocenters. The molecule has 0 saturated carbocycles. The van der Waals surface area contributed by atoms with Crippen LogP contribution in [0.5, 0.6) is 0 Å². The van der Waals surface area contributed by atoms with Crippen molar-refractivity contribution in [2.45, 2.75) is 25.4 Å². The minimum atomic E-state index is -0.543. The maximum Gasteiger partial charge on any atom is 0.269 e. The van der Waals surface area contributed by atoms with E-state index in [0.29, 0.717) is 54.8 Å². The second-order valence-corrected chi connectivity index (χ2v) is 5.65. The van der Waals surface area contributed by atoms with Crippen molar-refractivity contribution in [1.29, 1.82) is 5.26 Å². The van der Waals surface area contributed by atoms with Crippen LogP contribution < -0.4 is 0 Å². The fourth-order valence-corrected chi connectivity index (χ4v) is 3.24. The molecule has 0 aromatic carbocycles. The van der Waals surface area contributed by atoms with Crippen LogP contribution in [0.15, 0.2) is 16.0 Å². The van der Waals surface area contributed by atoms with Gasteiger partial charge in [-0.05, 0) is 18.4 Å². The first kappa shape index (κ1) is 14.2. The fourth-order valence-electron chi connectivity index (χ4n) is 2.47. The fraction of sp³-hybridized carbons (Fsp3) is 0.500. The van der Waals surface area contributed by atoms with Gasteiger partial charge in [0.2, 0.25) is 5.82 Å². The third-order valence-corrected chi connectivity index (χ3v) is 4.44. The van der Waals surface area contributed by atoms with E-state index >= 15 is 0 Å². The van der Waals surface area contributed by atoms with Crippen molar-refractivity contribution in [2.75, 3.05) is 19.8 Å². The Labute approximate surface area is 126 Å². The number of ether oxygens (including phenoxy) is 2. The summed E-state index contributed by atoms with van der Waals surface area (Å²) in [6.45, 7) is 3.76. The molecule has 0 atom stereocenters. The van der Waals surface area contributed by atoms with Crippen LogP contribution in [0.25, 0.3) is 10.8 Å². The molecule has 2 aromatic heterocycles. The van der Waals surface area contributed by atoms with Gasteiger partial charge in [0.25, 0.3) is 5.89 Å². The zero-order valence-corrected chi connectivity index (χ0v) is 12.5. The van der Waals surface area contributed by atoms with Gasteiger partial charge >= 0.3 is 0 Å². The molecule has 0 amide bonds. The molecule has 110 valence electrons. The summed E-state index contributed by atoms with van der Waals surface area (Å²) >= 11 is 1.42. The van der Waals surface area contributed by atoms with Gasteiger partial charge in [-0.25, -0.2) is 0 Å². The highest BCUT2D eigenvalue weighted by Crippen LogP contribution is 2.36. The Balaban J connectivity index is 1.95. The molecule has 0 radical (unpaired) electrons. The Morgan fingerprint density at radius 1 is 1.48 bits per heavy atom. The molecule has 1 fully saturated rings. The van der Waals surface area contributed by atoms with Gasteiger partial charge in [0.05, 0.1) is 5.56 Å². The molecule has 21 heavy (non-hydrogen) atoms. The lowest BCUT2D eigenvalue weighted by Crippen LogP contribution is -2.37. The van der Waals surface area contributed by atoms with Gasteiger partial charge in [0.1, 0.15) is 16.5 Å². The number of hydrogen-bond acceptors (Lipinski definition) is 7. The minimum Gasteiger partial charge on any atom is -0.381 e. The van der Waals surface area contributed by atoms with E-state index in [4.69, 9.17) is 19.3 Å². The standard InChI is InChI=1S/C14H15N3O3S/c1-2-19-14(4-6-18-7-5-14)13-16-12(20-17-13)11-10(9-15)3-8-21-11/h3,8H,2,4-7H2,1H3. The second-order valence-electron chi connectivity index (χ2n) is 4.74. The minimum absolute atomic E-state index is 0.377. The summed E-state index contributed by atoms with van der Waals surface area (Å²) in [5.41, 5.74) is 0.00590. The summed E-state index contributed by atoms with van der Waals surface area (Å²) in [6.07, 6.45) is 1.41. The lowest BCUT2D eigenvalue weighted by molar-refractivity contribution is -0.118. The zero-order valence-electron chi connectivity index (χ0n) is 11.7. The Kier molecular flexibility index (Phi) is 4.01. The first-order valence-electron chi connectivity index (χ1n) is 6.83. The average Bonchev–Trinajstić information content (AvgIpc) is 3.17. The predicted molar refractivity (Wildman–Crippen MR) is 75.7 cm³/mol. The summed E-state index contributed by atoms with van der Waals surface area (Å²) in [7, 11) is 0. The van der Waals surface area contributed by atoms with E-state index in [1.165, 1.54) is 11.3 Å². The Morgan fingerprint density at radius 3 is 3.00 bits per heavy atom. The van der Waals surface area contributed by atoms with E-state index in [1.54, 1.807) is 6.07 Å². The maximum absolute atomic E-state index is 9.08. The van der Waals surface area contributed by atoms with Gasteiger partial charge in [-0.3, -0.25) is 0 Å². The SMILES string of the molecule is CCOC1(c2noc(-c3sccc3C#N)n2)CCOCC1. The van der Waals surface area contributed by atoms with E-state index in [-0.39, 0.29) is 0 Å². The van der Waals surface area contributed by atoms with Gasteiger partial charge in [-0.2, -0.15) is 10.2 Å². The molecule has 0 spiro atoms. The molecular formula is C14H15N3O3S. The summed E-state index contributed by atoms with van der Waals surface area (Å²) in [4.78, 5) is 5.18. The Bertz CT molecular complexity index is 647. The van der Waals surface area contributed by atoms with E-state index in [1.807, 2.05) is 12.3 Å². The number of nitrogens with zero attached hydrogens (tertiary/aromatic N) is 3. The van der Waals surface area contributed by atoms with Crippen LogP contribution in [-0.2, 0) is 15.1 Å². The topological polar surface area (TPSA) is 81.2 Å². The highest BCUT2D eigenvalue weighted by atomic mass is 32.1. The molecule has 2 aromatic rings. The number of thiophene rings is 1. The van der Waals surface area contributed by atoms with Crippen molar-refractivity contribution in [1.82, 2.24) is 10.1 Å². The van der Waals surface area contributed by atoms with Crippen LogP contribution >= 0.6 is 11.3 Å². The van der Waals surface area contributed by atoms with E-state index in [0.717, 1.165) is 0 Å². The molecule has 0 N–H and O–H groups in total. The summed E-state index contributed by atoms with van der Waals surface area (Å²) in [5.74, 6) is 0.919. The van der Waals surface area contributed by atoms with Crippen molar-refractivity contribution in [3.8, 4) is 16.8 Å². The third kappa shape index (κ3) is 2.58. The molecule has 3 rings (SSSR count). The van der Waals surface area contributed by atoms with Crippen LogP contribution in [0.3, 0.4) is 0 Å². The quantitative estimate of drug-likeness (QED) is 0.864. The smallest absolute Gasteiger partial charge is 0.269 e. The molecule has 6 nitrogen and oxygen atoms in total. The van der Waals surface area contributed by atoms with E-state index in [9.17, 15) is 0 Å². The third-order valence-electron chi connectivity index (χ3n) is 3.53. The average molecular weight is 305 g/mol. The van der Waals surface area contributed by atoms with Crippen molar-refractivity contribution >= 4 is 11.3 Å². The molecule has 1 aliphatic heterocycles. The monoisotopic (exact) mass is 305 g/mol. The Morgan fingerprint density at radius 2 is 2.29 bits per heavy atom. The van der Waals surface area contributed by atoms with Crippen molar-refractivity contribution in [3.63, 3.8) is 0 Å². The van der Waals surface area contributed by atoms with Crippen LogP contribution in [0.4, 0.5) is 0 Å². The van der Waals surface area contributed by atoms with Crippen molar-refractivity contribution in [2.24, 2.45) is 0 Å². The summed E-state index contributed by atoms with van der Waals surface area (Å²) in [5, 5.41) is 15.0. The predicted octanol–water partition coefficient (Wildman–Crippen LogP) is 2.71. The first-order valence-corrected chi connectivity index (χ1v) is 7.71. The number of nitriles is 1. The molecule has 0 bridgehead atoms. The molecule has 3 heterocycles. The van der Waals surface area contributed by atoms with Crippen LogP contribution in [0.1, 0.15) is 31.2 Å². The van der Waals surface area contributed by atoms with Gasteiger partial charge in [-0.15, -0.1) is 11.3 Å². The molecular weight excluding hydrogens is 290 g/mol. The first-order chi connectivity index (χ1) is 10.3. The van der Waals surface area contributed by atoms with Gasteiger partial charge in [0, 0.05) is 32.7 Å². The molecule has 1 aliphatic rings. The van der Waals surface area contributed by atoms with Gasteiger partial charge in [-0.1, -0.05) is 5.16 Å². The van der Waals surface area contributed by atoms with Crippen LogP contribution in [-0.4, -0.2) is 30.0 Å². The molecule has 7 heteroatoms. The van der Waals surface area contributed by atoms with E-state index < -0.39 is 5.60 Å². The zero-order chi connectivity index (χ0) is 14.7. The lowest BCUT2D eigenvalue weighted by Gasteiger charge is -2.33. The second kappa shape index (κ2) is 5.93. The normalized spacial score (nSPS) is 17.5.